The molecule has 0 fully saturated rings. The van der Waals surface area contributed by atoms with Gasteiger partial charge in [-0.2, -0.15) is 0 Å². The molecule has 1 aromatic carbocycles. The van der Waals surface area contributed by atoms with E-state index >= 15 is 0 Å². The number of halogens is 1. The number of nitrogens with two attached hydrogens (primary N) is 1. The van der Waals surface area contributed by atoms with Crippen LogP contribution in [0.1, 0.15) is 28.9 Å². The van der Waals surface area contributed by atoms with Gasteiger partial charge in [-0.05, 0) is 62.8 Å². The van der Waals surface area contributed by atoms with Crippen LogP contribution in [-0.4, -0.2) is 16.5 Å². The highest BCUT2D eigenvalue weighted by atomic mass is 19.1. The molecule has 1 atom stereocenters. The second-order valence-electron chi connectivity index (χ2n) is 5.87. The van der Waals surface area contributed by atoms with Crippen LogP contribution in [0.2, 0.25) is 0 Å². The first-order chi connectivity index (χ1) is 10.1. The van der Waals surface area contributed by atoms with Crippen molar-refractivity contribution in [2.24, 2.45) is 11.7 Å². The normalized spacial score (nSPS) is 17.6. The number of aryl methyl sites for hydroxylation is 3. The molecule has 1 unspecified atom stereocenters. The number of hydrogen-bond acceptors (Lipinski definition) is 3. The van der Waals surface area contributed by atoms with E-state index in [9.17, 15) is 4.39 Å². The van der Waals surface area contributed by atoms with Gasteiger partial charge < -0.3 is 5.73 Å². The van der Waals surface area contributed by atoms with Gasteiger partial charge in [-0.3, -0.25) is 0 Å². The average molecular weight is 285 g/mol. The average Bonchev–Trinajstić information content (AvgIpc) is 2.49. The Kier molecular flexibility index (Phi) is 3.72. The lowest BCUT2D eigenvalue weighted by Crippen LogP contribution is -2.24. The second-order valence-corrected chi connectivity index (χ2v) is 5.87. The maximum atomic E-state index is 13.7. The molecule has 110 valence electrons. The van der Waals surface area contributed by atoms with E-state index in [-0.39, 0.29) is 5.82 Å². The third kappa shape index (κ3) is 2.68. The summed E-state index contributed by atoms with van der Waals surface area (Å²) in [5.41, 5.74) is 10.5. The maximum Gasteiger partial charge on any atom is 0.159 e. The molecule has 0 saturated carbocycles. The van der Waals surface area contributed by atoms with Crippen molar-refractivity contribution >= 4 is 0 Å². The fraction of sp³-hybridized carbons (Fsp3) is 0.412. The Labute approximate surface area is 124 Å². The molecule has 0 amide bonds. The van der Waals surface area contributed by atoms with Gasteiger partial charge in [-0.1, -0.05) is 12.1 Å². The summed E-state index contributed by atoms with van der Waals surface area (Å²) in [7, 11) is 0. The molecule has 1 aliphatic rings. The van der Waals surface area contributed by atoms with Gasteiger partial charge in [0, 0.05) is 17.0 Å². The second kappa shape index (κ2) is 5.53. The Morgan fingerprint density at radius 2 is 2.10 bits per heavy atom. The Bertz CT molecular complexity index is 682. The first-order valence-electron chi connectivity index (χ1n) is 7.41. The van der Waals surface area contributed by atoms with Crippen molar-refractivity contribution in [1.82, 2.24) is 9.97 Å². The minimum absolute atomic E-state index is 0.213. The minimum atomic E-state index is -0.213. The van der Waals surface area contributed by atoms with Crippen LogP contribution in [0.4, 0.5) is 4.39 Å². The van der Waals surface area contributed by atoms with Crippen LogP contribution in [0.15, 0.2) is 18.2 Å². The zero-order valence-electron chi connectivity index (χ0n) is 12.5. The van der Waals surface area contributed by atoms with Crippen LogP contribution < -0.4 is 5.73 Å². The number of fused-ring (bicyclic) bond motifs is 1. The molecule has 1 aromatic heterocycles. The number of benzene rings is 1. The summed E-state index contributed by atoms with van der Waals surface area (Å²) in [6.07, 6.45) is 2.96. The summed E-state index contributed by atoms with van der Waals surface area (Å²) in [5.74, 6) is 0.938. The highest BCUT2D eigenvalue weighted by molar-refractivity contribution is 5.56. The van der Waals surface area contributed by atoms with Gasteiger partial charge in [0.25, 0.3) is 0 Å². The van der Waals surface area contributed by atoms with E-state index in [0.717, 1.165) is 36.2 Å². The van der Waals surface area contributed by atoms with Crippen LogP contribution in [0.5, 0.6) is 0 Å². The van der Waals surface area contributed by atoms with E-state index in [2.05, 4.69) is 9.97 Å². The van der Waals surface area contributed by atoms with Gasteiger partial charge >= 0.3 is 0 Å². The molecular weight excluding hydrogens is 265 g/mol. The van der Waals surface area contributed by atoms with E-state index < -0.39 is 0 Å². The summed E-state index contributed by atoms with van der Waals surface area (Å²) >= 11 is 0. The van der Waals surface area contributed by atoms with Crippen molar-refractivity contribution < 1.29 is 4.39 Å². The minimum Gasteiger partial charge on any atom is -0.330 e. The van der Waals surface area contributed by atoms with Crippen molar-refractivity contribution in [1.29, 1.82) is 0 Å². The monoisotopic (exact) mass is 285 g/mol. The van der Waals surface area contributed by atoms with Crippen molar-refractivity contribution in [3.8, 4) is 11.4 Å². The van der Waals surface area contributed by atoms with Crippen LogP contribution >= 0.6 is 0 Å². The van der Waals surface area contributed by atoms with E-state index in [0.29, 0.717) is 23.9 Å². The van der Waals surface area contributed by atoms with E-state index in [4.69, 9.17) is 5.73 Å². The fourth-order valence-electron chi connectivity index (χ4n) is 2.92. The Hall–Kier alpha value is -1.81. The molecule has 1 heterocycles. The first-order valence-corrected chi connectivity index (χ1v) is 7.41. The van der Waals surface area contributed by atoms with Crippen molar-refractivity contribution in [2.45, 2.75) is 33.1 Å². The zero-order valence-corrected chi connectivity index (χ0v) is 12.5. The molecule has 0 spiro atoms. The van der Waals surface area contributed by atoms with Crippen molar-refractivity contribution in [3.05, 3.63) is 46.5 Å². The van der Waals surface area contributed by atoms with E-state index in [1.165, 1.54) is 11.6 Å². The number of hydrogen-bond donors (Lipinski definition) is 1. The third-order valence-electron chi connectivity index (χ3n) is 4.35. The van der Waals surface area contributed by atoms with Gasteiger partial charge in [-0.25, -0.2) is 14.4 Å². The van der Waals surface area contributed by atoms with E-state index in [1.54, 1.807) is 13.0 Å². The van der Waals surface area contributed by atoms with Crippen molar-refractivity contribution in [2.75, 3.05) is 6.54 Å². The summed E-state index contributed by atoms with van der Waals surface area (Å²) in [5, 5.41) is 0. The van der Waals surface area contributed by atoms with Crippen LogP contribution in [0.3, 0.4) is 0 Å². The van der Waals surface area contributed by atoms with Crippen LogP contribution in [0.25, 0.3) is 11.4 Å². The topological polar surface area (TPSA) is 51.8 Å². The molecule has 0 bridgehead atoms. The smallest absolute Gasteiger partial charge is 0.159 e. The molecule has 4 heteroatoms. The highest BCUT2D eigenvalue weighted by Gasteiger charge is 2.22. The quantitative estimate of drug-likeness (QED) is 0.923. The Morgan fingerprint density at radius 3 is 2.81 bits per heavy atom. The van der Waals surface area contributed by atoms with Gasteiger partial charge in [0.1, 0.15) is 5.82 Å². The molecule has 3 nitrogen and oxygen atoms in total. The summed E-state index contributed by atoms with van der Waals surface area (Å²) in [4.78, 5) is 9.24. The molecule has 0 saturated heterocycles. The largest absolute Gasteiger partial charge is 0.330 e. The fourth-order valence-corrected chi connectivity index (χ4v) is 2.92. The zero-order chi connectivity index (χ0) is 15.0. The Morgan fingerprint density at radius 1 is 1.29 bits per heavy atom. The molecule has 1 aliphatic carbocycles. The lowest BCUT2D eigenvalue weighted by molar-refractivity contribution is 0.460. The lowest BCUT2D eigenvalue weighted by Gasteiger charge is -2.24. The Balaban J connectivity index is 2.02. The summed E-state index contributed by atoms with van der Waals surface area (Å²) in [6.45, 7) is 4.47. The van der Waals surface area contributed by atoms with Gasteiger partial charge in [0.2, 0.25) is 0 Å². The van der Waals surface area contributed by atoms with Gasteiger partial charge in [0.05, 0.1) is 0 Å². The molecule has 2 aromatic rings. The first kappa shape index (κ1) is 14.1. The molecule has 2 N–H and O–H groups in total. The van der Waals surface area contributed by atoms with Gasteiger partial charge in [0.15, 0.2) is 5.82 Å². The van der Waals surface area contributed by atoms with Crippen LogP contribution in [-0.2, 0) is 12.8 Å². The standard InChI is InChI=1S/C17H20FN3/c1-10-3-5-13(8-15(10)18)17-20-11(2)14-7-12(9-19)4-6-16(14)21-17/h3,5,8,12H,4,6-7,9,19H2,1-2H3. The highest BCUT2D eigenvalue weighted by Crippen LogP contribution is 2.28. The summed E-state index contributed by atoms with van der Waals surface area (Å²) in [6, 6.07) is 5.17. The maximum absolute atomic E-state index is 13.7. The SMILES string of the molecule is Cc1ccc(-c2nc(C)c3c(n2)CCC(CN)C3)cc1F. The molecule has 21 heavy (non-hydrogen) atoms. The number of rotatable bonds is 2. The summed E-state index contributed by atoms with van der Waals surface area (Å²) < 4.78 is 13.7. The predicted molar refractivity (Wildman–Crippen MR) is 81.5 cm³/mol. The molecular formula is C17H20FN3. The predicted octanol–water partition coefficient (Wildman–Crippen LogP) is 2.96. The molecule has 0 aliphatic heterocycles. The molecule has 0 radical (unpaired) electrons. The third-order valence-corrected chi connectivity index (χ3v) is 4.35. The number of aromatic nitrogens is 2. The number of nitrogens with zero attached hydrogens (tertiary/aromatic N) is 2. The van der Waals surface area contributed by atoms with Crippen LogP contribution in [0, 0.1) is 25.6 Å². The van der Waals surface area contributed by atoms with Gasteiger partial charge in [-0.15, -0.1) is 0 Å². The van der Waals surface area contributed by atoms with Crippen molar-refractivity contribution in [3.63, 3.8) is 0 Å². The lowest BCUT2D eigenvalue weighted by atomic mass is 9.86. The van der Waals surface area contributed by atoms with E-state index in [1.807, 2.05) is 13.0 Å². The molecule has 3 rings (SSSR count).